The molecule has 9 nitrogen and oxygen atoms in total. The molecule has 3 fully saturated rings. The maximum atomic E-state index is 15.2. The van der Waals surface area contributed by atoms with Gasteiger partial charge in [-0.3, -0.25) is 29.5 Å². The Morgan fingerprint density at radius 3 is 2.22 bits per heavy atom. The number of hydrogen-bond acceptors (Lipinski definition) is 7. The number of amides is 4. The quantitative estimate of drug-likeness (QED) is 0.186. The number of ether oxygens (including phenoxy) is 1. The Hall–Kier alpha value is -5.70. The van der Waals surface area contributed by atoms with Gasteiger partial charge in [-0.05, 0) is 55.0 Å². The summed E-state index contributed by atoms with van der Waals surface area (Å²) in [5.74, 6) is -4.88. The number of imide groups is 2. The minimum Gasteiger partial charge on any atom is -0.504 e. The number of carbonyl (C=O) groups is 4. The first-order valence-corrected chi connectivity index (χ1v) is 17.0. The van der Waals surface area contributed by atoms with Crippen molar-refractivity contribution >= 4 is 29.3 Å². The summed E-state index contributed by atoms with van der Waals surface area (Å²) in [4.78, 5) is 59.7. The van der Waals surface area contributed by atoms with Crippen LogP contribution in [0.3, 0.4) is 0 Å². The minimum atomic E-state index is -1.48. The number of anilines is 1. The summed E-state index contributed by atoms with van der Waals surface area (Å²) in [5.41, 5.74) is 5.90. The van der Waals surface area contributed by atoms with Gasteiger partial charge in [-0.15, -0.1) is 0 Å². The van der Waals surface area contributed by atoms with Crippen molar-refractivity contribution < 1.29 is 29.0 Å². The molecule has 0 radical (unpaired) electrons. The molecule has 9 heteroatoms. The molecule has 50 heavy (non-hydrogen) atoms. The summed E-state index contributed by atoms with van der Waals surface area (Å²) in [6.45, 7) is 2.12. The van der Waals surface area contributed by atoms with Crippen molar-refractivity contribution in [2.24, 2.45) is 23.7 Å². The molecule has 2 N–H and O–H groups in total. The first-order valence-electron chi connectivity index (χ1n) is 17.0. The van der Waals surface area contributed by atoms with Gasteiger partial charge in [0.05, 0.1) is 42.5 Å². The van der Waals surface area contributed by atoms with Crippen LogP contribution >= 0.6 is 0 Å². The van der Waals surface area contributed by atoms with Gasteiger partial charge in [0.25, 0.3) is 11.8 Å². The zero-order valence-corrected chi connectivity index (χ0v) is 27.8. The molecule has 252 valence electrons. The molecular formula is C41H37N3O6. The second kappa shape index (κ2) is 12.0. The van der Waals surface area contributed by atoms with E-state index in [9.17, 15) is 19.5 Å². The Labute approximate surface area is 290 Å². The number of methoxy groups -OCH3 is 1. The third-order valence-corrected chi connectivity index (χ3v) is 11.2. The molecule has 0 aromatic heterocycles. The van der Waals surface area contributed by atoms with Crippen molar-refractivity contribution in [3.8, 4) is 11.5 Å². The van der Waals surface area contributed by atoms with Gasteiger partial charge in [0.1, 0.15) is 0 Å². The van der Waals surface area contributed by atoms with Crippen LogP contribution in [0, 0.1) is 30.6 Å². The van der Waals surface area contributed by atoms with Crippen LogP contribution in [0.5, 0.6) is 11.5 Å². The van der Waals surface area contributed by atoms with Crippen LogP contribution in [0.1, 0.15) is 41.0 Å². The monoisotopic (exact) mass is 667 g/mol. The maximum absolute atomic E-state index is 15.2. The number of phenolic OH excluding ortho intramolecular Hbond substituents is 1. The highest BCUT2D eigenvalue weighted by molar-refractivity contribution is 6.13. The molecule has 1 saturated carbocycles. The number of benzene rings is 4. The average molecular weight is 668 g/mol. The first-order chi connectivity index (χ1) is 24.2. The molecule has 2 aliphatic carbocycles. The number of hydrazine groups is 1. The highest BCUT2D eigenvalue weighted by atomic mass is 16.5. The number of nitrogens with zero attached hydrogens (tertiary/aromatic N) is 2. The van der Waals surface area contributed by atoms with Crippen molar-refractivity contribution in [1.29, 1.82) is 0 Å². The molecule has 4 amide bonds. The number of aromatic hydroxyl groups is 1. The van der Waals surface area contributed by atoms with E-state index in [0.717, 1.165) is 21.7 Å². The van der Waals surface area contributed by atoms with Gasteiger partial charge in [-0.1, -0.05) is 102 Å². The van der Waals surface area contributed by atoms with Crippen LogP contribution in [0.15, 0.2) is 115 Å². The molecule has 4 aliphatic rings. The summed E-state index contributed by atoms with van der Waals surface area (Å²) >= 11 is 0. The third kappa shape index (κ3) is 4.60. The van der Waals surface area contributed by atoms with Gasteiger partial charge < -0.3 is 9.84 Å². The summed E-state index contributed by atoms with van der Waals surface area (Å²) in [6, 6.07) is 31.3. The summed E-state index contributed by atoms with van der Waals surface area (Å²) in [5, 5.41) is 12.9. The number of allylic oxidation sites excluding steroid dienone is 2. The van der Waals surface area contributed by atoms with Crippen molar-refractivity contribution in [2.45, 2.75) is 37.6 Å². The molecule has 2 heterocycles. The van der Waals surface area contributed by atoms with Crippen LogP contribution in [-0.2, 0) is 31.1 Å². The Bertz CT molecular complexity index is 2050. The second-order valence-corrected chi connectivity index (χ2v) is 13.7. The summed E-state index contributed by atoms with van der Waals surface area (Å²) < 4.78 is 5.54. The largest absolute Gasteiger partial charge is 0.504 e. The number of aryl methyl sites for hydroxylation is 1. The third-order valence-electron chi connectivity index (χ3n) is 11.2. The Balaban J connectivity index is 1.31. The number of rotatable bonds is 7. The standard InChI is InChI=1S/C41H37N3O6/c1-24-16-18-27(19-17-24)42-44-38(47)32-22-31-28(20-21-29-34(31)39(48)43(37(29)46)23-25-10-5-3-6-11-25)35(30-14-9-15-33(50-2)36(30)45)41(32,40(44)49)26-12-7-4-8-13-26/h3-20,29,31-32,34-35,42,45H,21-23H2,1-2H3/t29-,31+,32-,34-,35+,41+/m0/s1. The Morgan fingerprint density at radius 1 is 0.820 bits per heavy atom. The molecule has 8 rings (SSSR count). The fourth-order valence-corrected chi connectivity index (χ4v) is 9.02. The van der Waals surface area contributed by atoms with Crippen LogP contribution in [0.2, 0.25) is 0 Å². The maximum Gasteiger partial charge on any atom is 0.260 e. The lowest BCUT2D eigenvalue weighted by molar-refractivity contribution is -0.142. The van der Waals surface area contributed by atoms with E-state index in [0.29, 0.717) is 23.2 Å². The van der Waals surface area contributed by atoms with Gasteiger partial charge >= 0.3 is 0 Å². The average Bonchev–Trinajstić information content (AvgIpc) is 3.50. The number of phenols is 1. The lowest BCUT2D eigenvalue weighted by atomic mass is 9.49. The topological polar surface area (TPSA) is 116 Å². The van der Waals surface area contributed by atoms with Crippen LogP contribution in [0.4, 0.5) is 5.69 Å². The SMILES string of the molecule is COc1cccc([C@H]2C3=CC[C@@H]4C(=O)N(Cc5ccccc5)C(=O)[C@@H]4[C@@H]3C[C@H]3C(=O)N(Nc4ccc(C)cc4)C(=O)[C@@]23c2ccccc2)c1O. The number of para-hydroxylation sites is 1. The highest BCUT2D eigenvalue weighted by Gasteiger charge is 2.70. The normalized spacial score (nSPS) is 27.1. The molecule has 0 unspecified atom stereocenters. The molecule has 2 aliphatic heterocycles. The first kappa shape index (κ1) is 31.6. The Morgan fingerprint density at radius 2 is 1.52 bits per heavy atom. The van der Waals surface area contributed by atoms with Crippen molar-refractivity contribution in [1.82, 2.24) is 9.91 Å². The lowest BCUT2D eigenvalue weighted by Gasteiger charge is -2.50. The van der Waals surface area contributed by atoms with E-state index >= 15 is 4.79 Å². The molecule has 4 aromatic rings. The molecule has 0 spiro atoms. The van der Waals surface area contributed by atoms with Crippen LogP contribution < -0.4 is 10.2 Å². The van der Waals surface area contributed by atoms with Gasteiger partial charge in [0, 0.05) is 11.5 Å². The van der Waals surface area contributed by atoms with E-state index < -0.39 is 46.8 Å². The van der Waals surface area contributed by atoms with E-state index in [2.05, 4.69) is 5.43 Å². The number of hydrogen-bond donors (Lipinski definition) is 2. The number of carbonyl (C=O) groups excluding carboxylic acids is 4. The van der Waals surface area contributed by atoms with Crippen molar-refractivity contribution in [2.75, 3.05) is 12.5 Å². The van der Waals surface area contributed by atoms with Gasteiger partial charge in [-0.25, -0.2) is 0 Å². The molecule has 4 aromatic carbocycles. The van der Waals surface area contributed by atoms with E-state index in [1.807, 2.05) is 97.9 Å². The summed E-state index contributed by atoms with van der Waals surface area (Å²) in [6.07, 6.45) is 2.47. The predicted molar refractivity (Wildman–Crippen MR) is 185 cm³/mol. The van der Waals surface area contributed by atoms with E-state index in [1.165, 1.54) is 12.0 Å². The lowest BCUT2D eigenvalue weighted by Crippen LogP contribution is -2.53. The van der Waals surface area contributed by atoms with Crippen molar-refractivity contribution in [3.05, 3.63) is 137 Å². The van der Waals surface area contributed by atoms with Gasteiger partial charge in [0.15, 0.2) is 11.5 Å². The van der Waals surface area contributed by atoms with E-state index in [4.69, 9.17) is 4.74 Å². The second-order valence-electron chi connectivity index (χ2n) is 13.7. The van der Waals surface area contributed by atoms with Crippen LogP contribution in [-0.4, -0.2) is 45.8 Å². The molecule has 6 atom stereocenters. The zero-order valence-electron chi connectivity index (χ0n) is 27.8. The smallest absolute Gasteiger partial charge is 0.260 e. The Kier molecular flexibility index (Phi) is 7.58. The highest BCUT2D eigenvalue weighted by Crippen LogP contribution is 2.65. The predicted octanol–water partition coefficient (Wildman–Crippen LogP) is 5.89. The van der Waals surface area contributed by atoms with Gasteiger partial charge in [-0.2, -0.15) is 5.01 Å². The van der Waals surface area contributed by atoms with Crippen LogP contribution in [0.25, 0.3) is 0 Å². The van der Waals surface area contributed by atoms with E-state index in [1.54, 1.807) is 18.2 Å². The molecular weight excluding hydrogens is 630 g/mol. The number of nitrogens with one attached hydrogen (secondary N) is 1. The molecule has 2 saturated heterocycles. The molecule has 0 bridgehead atoms. The number of likely N-dealkylation sites (tertiary alicyclic amines) is 1. The van der Waals surface area contributed by atoms with Crippen molar-refractivity contribution in [3.63, 3.8) is 0 Å². The van der Waals surface area contributed by atoms with E-state index in [-0.39, 0.29) is 36.3 Å². The summed E-state index contributed by atoms with van der Waals surface area (Å²) in [7, 11) is 1.46. The fraction of sp³-hybridized carbons (Fsp3) is 0.268. The zero-order chi connectivity index (χ0) is 34.7. The number of fused-ring (bicyclic) bond motifs is 4. The minimum absolute atomic E-state index is 0.137. The van der Waals surface area contributed by atoms with Gasteiger partial charge in [0.2, 0.25) is 11.8 Å². The fourth-order valence-electron chi connectivity index (χ4n) is 9.02.